The van der Waals surface area contributed by atoms with Crippen LogP contribution in [0.3, 0.4) is 0 Å². The van der Waals surface area contributed by atoms with Crippen molar-refractivity contribution in [3.05, 3.63) is 24.3 Å². The zero-order valence-corrected chi connectivity index (χ0v) is 18.8. The molecule has 0 aliphatic carbocycles. The van der Waals surface area contributed by atoms with E-state index in [0.29, 0.717) is 26.1 Å². The molecular formula is C24H34N2O6. The summed E-state index contributed by atoms with van der Waals surface area (Å²) < 4.78 is 12.0. The van der Waals surface area contributed by atoms with Crippen molar-refractivity contribution in [3.8, 4) is 0 Å². The van der Waals surface area contributed by atoms with Gasteiger partial charge in [0.2, 0.25) is 11.8 Å². The molecule has 0 saturated carbocycles. The molecule has 2 fully saturated rings. The highest BCUT2D eigenvalue weighted by molar-refractivity contribution is 5.99. The lowest BCUT2D eigenvalue weighted by molar-refractivity contribution is -0.154. The average molecular weight is 447 g/mol. The number of ether oxygens (including phenoxy) is 2. The molecule has 8 nitrogen and oxygen atoms in total. The molecule has 32 heavy (non-hydrogen) atoms. The van der Waals surface area contributed by atoms with E-state index in [-0.39, 0.29) is 25.0 Å². The monoisotopic (exact) mass is 446 g/mol. The average Bonchev–Trinajstić information content (AvgIpc) is 3.19. The number of amides is 2. The van der Waals surface area contributed by atoms with Gasteiger partial charge in [-0.15, -0.1) is 0 Å². The molecule has 0 bridgehead atoms. The number of hydrogen-bond acceptors (Lipinski definition) is 6. The van der Waals surface area contributed by atoms with Gasteiger partial charge in [0.1, 0.15) is 17.6 Å². The van der Waals surface area contributed by atoms with Gasteiger partial charge in [0, 0.05) is 26.2 Å². The predicted molar refractivity (Wildman–Crippen MR) is 116 cm³/mol. The summed E-state index contributed by atoms with van der Waals surface area (Å²) in [7, 11) is 0. The second-order valence-corrected chi connectivity index (χ2v) is 9.08. The minimum atomic E-state index is -1.21. The van der Waals surface area contributed by atoms with Gasteiger partial charge in [0.05, 0.1) is 18.6 Å². The first-order valence-corrected chi connectivity index (χ1v) is 11.9. The highest BCUT2D eigenvalue weighted by atomic mass is 16.6. The fourth-order valence-corrected chi connectivity index (χ4v) is 5.53. The van der Waals surface area contributed by atoms with Crippen molar-refractivity contribution in [2.24, 2.45) is 11.8 Å². The van der Waals surface area contributed by atoms with Gasteiger partial charge in [-0.1, -0.05) is 44.1 Å². The number of esters is 1. The number of allylic oxidation sites excluding steroid dienone is 1. The molecule has 1 N–H and O–H groups in total. The molecule has 4 heterocycles. The van der Waals surface area contributed by atoms with Gasteiger partial charge in [-0.25, -0.2) is 0 Å². The van der Waals surface area contributed by atoms with Gasteiger partial charge in [-0.2, -0.15) is 0 Å². The summed E-state index contributed by atoms with van der Waals surface area (Å²) in [5, 5.41) is 9.39. The molecule has 0 radical (unpaired) electrons. The molecule has 2 amide bonds. The lowest BCUT2D eigenvalue weighted by Crippen LogP contribution is -2.55. The number of hydrogen-bond donors (Lipinski definition) is 1. The molecule has 1 spiro atoms. The zero-order chi connectivity index (χ0) is 22.7. The van der Waals surface area contributed by atoms with Gasteiger partial charge in [0.15, 0.2) is 0 Å². The van der Waals surface area contributed by atoms with Crippen molar-refractivity contribution < 1.29 is 29.0 Å². The minimum Gasteiger partial charge on any atom is -0.465 e. The van der Waals surface area contributed by atoms with Crippen molar-refractivity contribution in [1.29, 1.82) is 0 Å². The van der Waals surface area contributed by atoms with Crippen LogP contribution in [-0.4, -0.2) is 83.3 Å². The molecule has 0 aromatic rings. The first-order valence-electron chi connectivity index (χ1n) is 11.9. The van der Waals surface area contributed by atoms with Crippen molar-refractivity contribution in [1.82, 2.24) is 9.80 Å². The number of unbranched alkanes of at least 4 members (excludes halogenated alkanes) is 2. The van der Waals surface area contributed by atoms with Gasteiger partial charge in [0.25, 0.3) is 0 Å². The molecule has 0 aromatic heterocycles. The van der Waals surface area contributed by atoms with E-state index in [1.54, 1.807) is 4.90 Å². The van der Waals surface area contributed by atoms with Crippen LogP contribution in [-0.2, 0) is 23.9 Å². The highest BCUT2D eigenvalue weighted by Gasteiger charge is 2.71. The lowest BCUT2D eigenvalue weighted by atomic mass is 9.78. The number of aliphatic hydroxyl groups excluding tert-OH is 1. The summed E-state index contributed by atoms with van der Waals surface area (Å²) in [4.78, 5) is 43.8. The van der Waals surface area contributed by atoms with E-state index in [0.717, 1.165) is 32.1 Å². The van der Waals surface area contributed by atoms with Gasteiger partial charge >= 0.3 is 5.97 Å². The molecule has 2 saturated heterocycles. The Balaban J connectivity index is 1.73. The number of nitrogens with zero attached hydrogens (tertiary/aromatic N) is 2. The van der Waals surface area contributed by atoms with Gasteiger partial charge in [-0.3, -0.25) is 14.4 Å². The second kappa shape index (κ2) is 9.75. The van der Waals surface area contributed by atoms with Crippen LogP contribution in [0.2, 0.25) is 0 Å². The predicted octanol–water partition coefficient (Wildman–Crippen LogP) is 1.43. The van der Waals surface area contributed by atoms with E-state index in [1.807, 2.05) is 24.3 Å². The molecule has 0 aromatic carbocycles. The van der Waals surface area contributed by atoms with E-state index in [2.05, 4.69) is 6.92 Å². The Morgan fingerprint density at radius 3 is 2.75 bits per heavy atom. The summed E-state index contributed by atoms with van der Waals surface area (Å²) in [6.45, 7) is 3.64. The smallest absolute Gasteiger partial charge is 0.312 e. The van der Waals surface area contributed by atoms with Crippen LogP contribution >= 0.6 is 0 Å². The zero-order valence-electron chi connectivity index (χ0n) is 18.8. The fraction of sp³-hybridized carbons (Fsp3) is 0.708. The Kier molecular flexibility index (Phi) is 7.00. The summed E-state index contributed by atoms with van der Waals surface area (Å²) in [6, 6.07) is -0.844. The van der Waals surface area contributed by atoms with Crippen LogP contribution in [0.4, 0.5) is 0 Å². The Bertz CT molecular complexity index is 795. The molecule has 4 aliphatic rings. The molecule has 176 valence electrons. The standard InChI is InChI=1S/C24H34N2O6/c1-2-3-6-12-25-13-8-11-24-19(21(28)26(14-9-15-27)20(24)22(25)29)18-17(32-24)10-5-4-7-16-31-23(18)30/h5,8,10-11,17-20,27H,2-4,6-7,9,12-16H2,1H3/b10-5-/t17-,18+,19+,20?,24+/m1/s1. The Morgan fingerprint density at radius 1 is 1.12 bits per heavy atom. The quantitative estimate of drug-likeness (QED) is 0.361. The minimum absolute atomic E-state index is 0.0872. The number of fused-ring (bicyclic) bond motifs is 2. The molecular weight excluding hydrogens is 412 g/mol. The van der Waals surface area contributed by atoms with Crippen LogP contribution in [0, 0.1) is 11.8 Å². The third-order valence-corrected chi connectivity index (χ3v) is 7.02. The summed E-state index contributed by atoms with van der Waals surface area (Å²) in [5.74, 6) is -2.47. The van der Waals surface area contributed by atoms with Crippen molar-refractivity contribution in [2.45, 2.75) is 63.2 Å². The largest absolute Gasteiger partial charge is 0.465 e. The van der Waals surface area contributed by atoms with Crippen LogP contribution in [0.15, 0.2) is 24.3 Å². The highest BCUT2D eigenvalue weighted by Crippen LogP contribution is 2.53. The van der Waals surface area contributed by atoms with Crippen molar-refractivity contribution in [3.63, 3.8) is 0 Å². The van der Waals surface area contributed by atoms with Crippen LogP contribution in [0.25, 0.3) is 0 Å². The van der Waals surface area contributed by atoms with Crippen LogP contribution < -0.4 is 0 Å². The Hall–Kier alpha value is -2.19. The number of aliphatic hydroxyl groups is 1. The normalized spacial score (nSPS) is 35.4. The summed E-state index contributed by atoms with van der Waals surface area (Å²) >= 11 is 0. The van der Waals surface area contributed by atoms with E-state index in [1.165, 1.54) is 4.90 Å². The number of carbonyl (C=O) groups is 3. The topological polar surface area (TPSA) is 96.4 Å². The fourth-order valence-electron chi connectivity index (χ4n) is 5.53. The second-order valence-electron chi connectivity index (χ2n) is 9.08. The number of carbonyl (C=O) groups excluding carboxylic acids is 3. The molecule has 8 heteroatoms. The van der Waals surface area contributed by atoms with E-state index in [4.69, 9.17) is 9.47 Å². The maximum atomic E-state index is 13.8. The maximum Gasteiger partial charge on any atom is 0.312 e. The number of cyclic esters (lactones) is 1. The summed E-state index contributed by atoms with van der Waals surface area (Å²) in [5.41, 5.74) is -1.21. The Morgan fingerprint density at radius 2 is 1.97 bits per heavy atom. The Labute approximate surface area is 189 Å². The molecule has 5 atom stereocenters. The lowest BCUT2D eigenvalue weighted by Gasteiger charge is -2.35. The number of likely N-dealkylation sites (tertiary alicyclic amines) is 1. The van der Waals surface area contributed by atoms with Crippen molar-refractivity contribution in [2.75, 3.05) is 32.8 Å². The third-order valence-electron chi connectivity index (χ3n) is 7.02. The molecule has 1 unspecified atom stereocenters. The van der Waals surface area contributed by atoms with Crippen molar-refractivity contribution >= 4 is 17.8 Å². The van der Waals surface area contributed by atoms with Gasteiger partial charge < -0.3 is 24.4 Å². The third kappa shape index (κ3) is 3.88. The molecule has 4 rings (SSSR count). The van der Waals surface area contributed by atoms with Crippen LogP contribution in [0.1, 0.15) is 45.4 Å². The van der Waals surface area contributed by atoms with Crippen LogP contribution in [0.5, 0.6) is 0 Å². The van der Waals surface area contributed by atoms with E-state index < -0.39 is 35.6 Å². The summed E-state index contributed by atoms with van der Waals surface area (Å²) in [6.07, 6.45) is 11.8. The first-order chi connectivity index (χ1) is 15.5. The first kappa shape index (κ1) is 23.0. The SMILES string of the molecule is CCCCCN1CC=C[C@]23O[C@@H]4/C=C\CCCOC(=O)[C@@H]4[C@H]2C(=O)N(CCCO)C3C1=O. The van der Waals surface area contributed by atoms with E-state index >= 15 is 0 Å². The van der Waals surface area contributed by atoms with Gasteiger partial charge in [-0.05, 0) is 25.7 Å². The maximum absolute atomic E-state index is 13.8. The van der Waals surface area contributed by atoms with E-state index in [9.17, 15) is 19.5 Å². The number of rotatable bonds is 7. The molecule has 4 aliphatic heterocycles.